The first kappa shape index (κ1) is 25.1. The number of aromatic amines is 1. The molecule has 212 valence electrons. The van der Waals surface area contributed by atoms with Crippen molar-refractivity contribution in [1.82, 2.24) is 44.8 Å². The molecule has 11 heteroatoms. The van der Waals surface area contributed by atoms with Crippen LogP contribution in [0.5, 0.6) is 0 Å². The number of piperazine rings is 1. The summed E-state index contributed by atoms with van der Waals surface area (Å²) >= 11 is 0. The summed E-state index contributed by atoms with van der Waals surface area (Å²) < 4.78 is 1.90. The van der Waals surface area contributed by atoms with Crippen molar-refractivity contribution in [2.75, 3.05) is 23.3 Å². The van der Waals surface area contributed by atoms with Crippen molar-refractivity contribution >= 4 is 17.5 Å². The predicted molar refractivity (Wildman–Crippen MR) is 160 cm³/mol. The van der Waals surface area contributed by atoms with E-state index in [1.807, 2.05) is 49.3 Å². The molecular weight excluding hydrogens is 526 g/mol. The molecule has 2 N–H and O–H groups in total. The van der Waals surface area contributed by atoms with Crippen molar-refractivity contribution < 1.29 is 0 Å². The zero-order valence-corrected chi connectivity index (χ0v) is 23.8. The van der Waals surface area contributed by atoms with Gasteiger partial charge in [-0.15, -0.1) is 0 Å². The second-order valence-corrected chi connectivity index (χ2v) is 11.8. The number of hydrogen-bond acceptors (Lipinski definition) is 9. The second kappa shape index (κ2) is 10.0. The molecule has 5 aromatic rings. The summed E-state index contributed by atoms with van der Waals surface area (Å²) in [5.41, 5.74) is 5.19. The number of rotatable bonds is 8. The molecule has 1 aliphatic carbocycles. The summed E-state index contributed by atoms with van der Waals surface area (Å²) in [6.07, 6.45) is 9.66. The fraction of sp³-hybridized carbons (Fsp3) is 0.355. The van der Waals surface area contributed by atoms with Gasteiger partial charge < -0.3 is 10.2 Å². The fourth-order valence-electron chi connectivity index (χ4n) is 6.13. The third-order valence-corrected chi connectivity index (χ3v) is 8.51. The second-order valence-electron chi connectivity index (χ2n) is 11.8. The average molecular weight is 560 g/mol. The van der Waals surface area contributed by atoms with Gasteiger partial charge in [-0.1, -0.05) is 6.07 Å². The van der Waals surface area contributed by atoms with Crippen molar-refractivity contribution in [3.8, 4) is 17.2 Å². The van der Waals surface area contributed by atoms with Crippen LogP contribution in [0.4, 0.5) is 17.5 Å². The molecule has 1 saturated carbocycles. The molecule has 3 saturated heterocycles. The van der Waals surface area contributed by atoms with Crippen LogP contribution in [0.2, 0.25) is 0 Å². The number of nitrogens with one attached hydrogen (secondary N) is 2. The van der Waals surface area contributed by atoms with Crippen molar-refractivity contribution in [2.45, 2.75) is 57.7 Å². The van der Waals surface area contributed by atoms with Gasteiger partial charge in [-0.2, -0.15) is 10.2 Å². The lowest BCUT2D eigenvalue weighted by atomic mass is 9.87. The van der Waals surface area contributed by atoms with Crippen LogP contribution in [0.1, 0.15) is 47.8 Å². The lowest BCUT2D eigenvalue weighted by Gasteiger charge is -2.56. The van der Waals surface area contributed by atoms with Crippen LogP contribution in [0, 0.1) is 13.8 Å². The van der Waals surface area contributed by atoms with Crippen molar-refractivity contribution in [1.29, 1.82) is 0 Å². The van der Waals surface area contributed by atoms with E-state index in [9.17, 15) is 0 Å². The van der Waals surface area contributed by atoms with Gasteiger partial charge in [0.1, 0.15) is 11.6 Å². The number of pyridine rings is 2. The van der Waals surface area contributed by atoms with Gasteiger partial charge in [0.05, 0.1) is 5.69 Å². The smallest absolute Gasteiger partial charge is 0.163 e. The van der Waals surface area contributed by atoms with Crippen LogP contribution < -0.4 is 10.2 Å². The first-order valence-electron chi connectivity index (χ1n) is 14.7. The molecule has 4 fully saturated rings. The van der Waals surface area contributed by atoms with E-state index in [1.165, 1.54) is 30.5 Å². The van der Waals surface area contributed by atoms with Gasteiger partial charge in [0.15, 0.2) is 17.5 Å². The van der Waals surface area contributed by atoms with E-state index in [1.54, 1.807) is 0 Å². The highest BCUT2D eigenvalue weighted by Crippen LogP contribution is 2.39. The van der Waals surface area contributed by atoms with Crippen molar-refractivity contribution in [2.24, 2.45) is 0 Å². The normalized spacial score (nSPS) is 20.0. The Morgan fingerprint density at radius 1 is 0.905 bits per heavy atom. The lowest BCUT2D eigenvalue weighted by molar-refractivity contribution is -0.00875. The first-order chi connectivity index (χ1) is 20.5. The molecule has 5 aromatic heterocycles. The topological polar surface area (TPSA) is 117 Å². The largest absolute Gasteiger partial charge is 0.353 e. The summed E-state index contributed by atoms with van der Waals surface area (Å²) in [7, 11) is 0. The van der Waals surface area contributed by atoms with Gasteiger partial charge in [0.25, 0.3) is 0 Å². The third-order valence-electron chi connectivity index (χ3n) is 8.51. The maximum atomic E-state index is 4.82. The molecule has 11 nitrogen and oxygen atoms in total. The minimum Gasteiger partial charge on any atom is -0.353 e. The molecule has 3 aliphatic heterocycles. The molecule has 0 spiro atoms. The van der Waals surface area contributed by atoms with Crippen LogP contribution in [0.3, 0.4) is 0 Å². The minimum atomic E-state index is 0.525. The Hall–Kier alpha value is -4.64. The van der Waals surface area contributed by atoms with Crippen molar-refractivity contribution in [3.05, 3.63) is 83.7 Å². The highest BCUT2D eigenvalue weighted by Gasteiger charge is 2.44. The Balaban J connectivity index is 0.899. The highest BCUT2D eigenvalue weighted by atomic mass is 15.4. The van der Waals surface area contributed by atoms with Gasteiger partial charge >= 0.3 is 0 Å². The van der Waals surface area contributed by atoms with Crippen LogP contribution in [-0.4, -0.2) is 70.0 Å². The van der Waals surface area contributed by atoms with E-state index >= 15 is 0 Å². The Kier molecular flexibility index (Phi) is 5.99. The molecule has 2 bridgehead atoms. The molecule has 0 amide bonds. The summed E-state index contributed by atoms with van der Waals surface area (Å²) in [5.74, 6) is 4.62. The molecule has 8 heterocycles. The van der Waals surface area contributed by atoms with E-state index in [4.69, 9.17) is 20.1 Å². The maximum Gasteiger partial charge on any atom is 0.163 e. The third kappa shape index (κ3) is 4.89. The Morgan fingerprint density at radius 3 is 2.45 bits per heavy atom. The monoisotopic (exact) mass is 559 g/mol. The average Bonchev–Trinajstić information content (AvgIpc) is 3.60. The minimum absolute atomic E-state index is 0.525. The summed E-state index contributed by atoms with van der Waals surface area (Å²) in [4.78, 5) is 23.9. The highest BCUT2D eigenvalue weighted by molar-refractivity contribution is 5.61. The van der Waals surface area contributed by atoms with Gasteiger partial charge in [0, 0.05) is 85.3 Å². The summed E-state index contributed by atoms with van der Waals surface area (Å²) in [5, 5.41) is 15.1. The number of fused-ring (bicyclic) bond motifs is 2. The Labute approximate surface area is 244 Å². The lowest BCUT2D eigenvalue weighted by Crippen LogP contribution is -2.68. The number of anilines is 3. The SMILES string of the molecule is Cc1cc(Nc2cc(C)[nH]n2)nc(-c2ccc(N3CC4CC(C3)N4Cc3ccc(-n4ccc(C5CC5)n4)nc3)nc2)n1. The quantitative estimate of drug-likeness (QED) is 0.283. The zero-order chi connectivity index (χ0) is 28.2. The number of aryl methyl sites for hydroxylation is 2. The molecule has 0 radical (unpaired) electrons. The standard InChI is InChI=1S/C31H33N11/c1-19-11-27(35-28-12-20(2)37-38-28)36-31(34-19)23-6-8-29(33-15-23)40-17-24-13-25(18-40)41(24)16-21-3-7-30(32-14-21)42-10-9-26(39-42)22-4-5-22/h3,6-12,14-15,22,24-25H,4-5,13,16-18H2,1-2H3,(H2,34,35,36,37,38). The molecule has 0 aromatic carbocycles. The summed E-state index contributed by atoms with van der Waals surface area (Å²) in [6, 6.07) is 15.5. The van der Waals surface area contributed by atoms with E-state index in [-0.39, 0.29) is 0 Å². The Bertz CT molecular complexity index is 1710. The van der Waals surface area contributed by atoms with Crippen LogP contribution in [-0.2, 0) is 6.54 Å². The molecule has 2 unspecified atom stereocenters. The van der Waals surface area contributed by atoms with Crippen LogP contribution in [0.15, 0.2) is 61.1 Å². The van der Waals surface area contributed by atoms with Gasteiger partial charge in [-0.3, -0.25) is 10.00 Å². The summed E-state index contributed by atoms with van der Waals surface area (Å²) in [6.45, 7) is 6.81. The van der Waals surface area contributed by atoms with Crippen LogP contribution >= 0.6 is 0 Å². The maximum absolute atomic E-state index is 4.82. The van der Waals surface area contributed by atoms with Gasteiger partial charge in [-0.25, -0.2) is 24.6 Å². The van der Waals surface area contributed by atoms with Crippen molar-refractivity contribution in [3.63, 3.8) is 0 Å². The van der Waals surface area contributed by atoms with Crippen LogP contribution in [0.25, 0.3) is 17.2 Å². The van der Waals surface area contributed by atoms with E-state index in [0.717, 1.165) is 54.0 Å². The fourth-order valence-corrected chi connectivity index (χ4v) is 6.13. The van der Waals surface area contributed by atoms with E-state index in [0.29, 0.717) is 29.6 Å². The molecule has 2 atom stereocenters. The van der Waals surface area contributed by atoms with Gasteiger partial charge in [0.2, 0.25) is 0 Å². The van der Waals surface area contributed by atoms with E-state index < -0.39 is 0 Å². The predicted octanol–water partition coefficient (Wildman–Crippen LogP) is 4.54. The first-order valence-corrected chi connectivity index (χ1v) is 14.7. The zero-order valence-electron chi connectivity index (χ0n) is 23.8. The van der Waals surface area contributed by atoms with E-state index in [2.05, 4.69) is 60.6 Å². The number of H-pyrrole nitrogens is 1. The molecule has 42 heavy (non-hydrogen) atoms. The number of nitrogens with zero attached hydrogens (tertiary/aromatic N) is 9. The van der Waals surface area contributed by atoms with Gasteiger partial charge in [-0.05, 0) is 62.9 Å². The number of aromatic nitrogens is 8. The Morgan fingerprint density at radius 2 is 1.74 bits per heavy atom. The molecule has 4 aliphatic rings. The number of piperidine rings is 1. The molecule has 9 rings (SSSR count). The number of hydrogen-bond donors (Lipinski definition) is 2. The molecular formula is C31H33N11.